The average Bonchev–Trinajstić information content (AvgIpc) is 2.86. The Morgan fingerprint density at radius 2 is 2.11 bits per heavy atom. The van der Waals surface area contributed by atoms with E-state index in [1.807, 2.05) is 30.5 Å². The van der Waals surface area contributed by atoms with Crippen LogP contribution in [0.15, 0.2) is 47.3 Å². The second-order valence-electron chi connectivity index (χ2n) is 4.34. The van der Waals surface area contributed by atoms with Gasteiger partial charge < -0.3 is 4.42 Å². The van der Waals surface area contributed by atoms with Gasteiger partial charge in [-0.3, -0.25) is 10.8 Å². The fourth-order valence-corrected chi connectivity index (χ4v) is 2.22. The molecule has 0 aliphatic carbocycles. The van der Waals surface area contributed by atoms with Crippen molar-refractivity contribution in [3.05, 3.63) is 60.1 Å². The molecule has 0 spiro atoms. The zero-order valence-electron chi connectivity index (χ0n) is 10.5. The maximum atomic E-state index is 5.68. The van der Waals surface area contributed by atoms with Gasteiger partial charge in [0.1, 0.15) is 12.0 Å². The number of rotatable bonds is 3. The van der Waals surface area contributed by atoms with Crippen molar-refractivity contribution in [3.63, 3.8) is 0 Å². The Balaban J connectivity index is 2.16. The van der Waals surface area contributed by atoms with Crippen LogP contribution in [-0.4, -0.2) is 9.97 Å². The van der Waals surface area contributed by atoms with Crippen LogP contribution in [0.1, 0.15) is 23.2 Å². The molecular weight excluding hydrogens is 240 g/mol. The zero-order chi connectivity index (χ0) is 13.2. The highest BCUT2D eigenvalue weighted by atomic mass is 16.3. The van der Waals surface area contributed by atoms with Gasteiger partial charge in [0.25, 0.3) is 0 Å². The third-order valence-corrected chi connectivity index (χ3v) is 3.11. The summed E-state index contributed by atoms with van der Waals surface area (Å²) < 4.78 is 5.25. The minimum atomic E-state index is -0.240. The van der Waals surface area contributed by atoms with Gasteiger partial charge in [0.2, 0.25) is 0 Å². The lowest BCUT2D eigenvalue weighted by molar-refractivity contribution is 0.518. The van der Waals surface area contributed by atoms with E-state index in [9.17, 15) is 0 Å². The highest BCUT2D eigenvalue weighted by Crippen LogP contribution is 2.27. The monoisotopic (exact) mass is 254 g/mol. The smallest absolute Gasteiger partial charge is 0.191 e. The quantitative estimate of drug-likeness (QED) is 0.552. The molecule has 0 saturated heterocycles. The molecule has 0 amide bonds. The molecule has 2 aromatic heterocycles. The molecule has 0 aliphatic rings. The van der Waals surface area contributed by atoms with E-state index >= 15 is 0 Å². The van der Waals surface area contributed by atoms with Gasteiger partial charge >= 0.3 is 0 Å². The first-order chi connectivity index (χ1) is 9.29. The van der Waals surface area contributed by atoms with E-state index in [1.165, 1.54) is 0 Å². The van der Waals surface area contributed by atoms with Crippen molar-refractivity contribution in [2.45, 2.75) is 13.0 Å². The van der Waals surface area contributed by atoms with E-state index in [0.29, 0.717) is 5.89 Å². The van der Waals surface area contributed by atoms with Crippen LogP contribution >= 0.6 is 0 Å². The fourth-order valence-electron chi connectivity index (χ4n) is 2.22. The molecule has 0 bridgehead atoms. The Hall–Kier alpha value is -2.24. The van der Waals surface area contributed by atoms with E-state index in [1.54, 1.807) is 19.4 Å². The van der Waals surface area contributed by atoms with Crippen LogP contribution in [0.3, 0.4) is 0 Å². The van der Waals surface area contributed by atoms with E-state index < -0.39 is 0 Å². The van der Waals surface area contributed by atoms with Crippen LogP contribution in [-0.2, 0) is 0 Å². The highest BCUT2D eigenvalue weighted by molar-refractivity contribution is 5.85. The third-order valence-electron chi connectivity index (χ3n) is 3.11. The van der Waals surface area contributed by atoms with Crippen LogP contribution in [0.5, 0.6) is 0 Å². The maximum absolute atomic E-state index is 5.68. The Morgan fingerprint density at radius 3 is 2.84 bits per heavy atom. The highest BCUT2D eigenvalue weighted by Gasteiger charge is 2.18. The van der Waals surface area contributed by atoms with Crippen molar-refractivity contribution < 1.29 is 4.42 Å². The predicted molar refractivity (Wildman–Crippen MR) is 72.1 cm³/mol. The molecule has 1 unspecified atom stereocenters. The number of fused-ring (bicyclic) bond motifs is 1. The topological polar surface area (TPSA) is 77.0 Å². The summed E-state index contributed by atoms with van der Waals surface area (Å²) in [6.07, 6.45) is 5.25. The van der Waals surface area contributed by atoms with Gasteiger partial charge in [-0.2, -0.15) is 0 Å². The lowest BCUT2D eigenvalue weighted by Gasteiger charge is -2.15. The summed E-state index contributed by atoms with van der Waals surface area (Å²) >= 11 is 0. The molecule has 1 atom stereocenters. The summed E-state index contributed by atoms with van der Waals surface area (Å²) in [4.78, 5) is 8.59. The Kier molecular flexibility index (Phi) is 2.98. The number of hydrogen-bond acceptors (Lipinski definition) is 5. The summed E-state index contributed by atoms with van der Waals surface area (Å²) in [5.41, 5.74) is 4.51. The molecule has 19 heavy (non-hydrogen) atoms. The SMILES string of the molecule is Cc1nc(C(NN)c2cncc3ccccc23)co1. The molecule has 1 aromatic carbocycles. The van der Waals surface area contributed by atoms with Gasteiger partial charge in [0.15, 0.2) is 5.89 Å². The number of aryl methyl sites for hydroxylation is 1. The summed E-state index contributed by atoms with van der Waals surface area (Å²) in [6.45, 7) is 1.80. The number of oxazole rings is 1. The van der Waals surface area contributed by atoms with Gasteiger partial charge in [-0.25, -0.2) is 10.4 Å². The maximum Gasteiger partial charge on any atom is 0.191 e. The predicted octanol–water partition coefficient (Wildman–Crippen LogP) is 2.08. The number of pyridine rings is 1. The largest absolute Gasteiger partial charge is 0.449 e. The second kappa shape index (κ2) is 4.79. The van der Waals surface area contributed by atoms with Crippen LogP contribution < -0.4 is 11.3 Å². The van der Waals surface area contributed by atoms with Gasteiger partial charge in [-0.1, -0.05) is 24.3 Å². The zero-order valence-corrected chi connectivity index (χ0v) is 10.5. The molecule has 2 heterocycles. The van der Waals surface area contributed by atoms with Gasteiger partial charge in [-0.15, -0.1) is 0 Å². The second-order valence-corrected chi connectivity index (χ2v) is 4.34. The van der Waals surface area contributed by atoms with Crippen molar-refractivity contribution >= 4 is 10.8 Å². The van der Waals surface area contributed by atoms with Crippen molar-refractivity contribution in [1.82, 2.24) is 15.4 Å². The molecule has 5 heteroatoms. The van der Waals surface area contributed by atoms with Gasteiger partial charge in [0, 0.05) is 30.3 Å². The normalized spacial score (nSPS) is 12.7. The average molecular weight is 254 g/mol. The van der Waals surface area contributed by atoms with Crippen LogP contribution in [0.2, 0.25) is 0 Å². The van der Waals surface area contributed by atoms with E-state index in [4.69, 9.17) is 10.3 Å². The van der Waals surface area contributed by atoms with Crippen molar-refractivity contribution in [2.75, 3.05) is 0 Å². The molecule has 0 saturated carbocycles. The molecule has 0 fully saturated rings. The van der Waals surface area contributed by atoms with Crippen LogP contribution in [0, 0.1) is 6.92 Å². The van der Waals surface area contributed by atoms with Gasteiger partial charge in [0.05, 0.1) is 6.04 Å². The first-order valence-electron chi connectivity index (χ1n) is 6.00. The number of hydrogen-bond donors (Lipinski definition) is 2. The molecular formula is C14H14N4O. The number of nitrogens with zero attached hydrogens (tertiary/aromatic N) is 2. The van der Waals surface area contributed by atoms with E-state index in [-0.39, 0.29) is 6.04 Å². The van der Waals surface area contributed by atoms with Crippen molar-refractivity contribution in [1.29, 1.82) is 0 Å². The molecule has 3 aromatic rings. The van der Waals surface area contributed by atoms with Crippen LogP contribution in [0.4, 0.5) is 0 Å². The summed E-state index contributed by atoms with van der Waals surface area (Å²) in [7, 11) is 0. The first-order valence-corrected chi connectivity index (χ1v) is 6.00. The number of aromatic nitrogens is 2. The number of nitrogens with one attached hydrogen (secondary N) is 1. The lowest BCUT2D eigenvalue weighted by Crippen LogP contribution is -2.29. The number of hydrazine groups is 1. The molecule has 0 aliphatic heterocycles. The lowest BCUT2D eigenvalue weighted by atomic mass is 10.0. The summed E-state index contributed by atoms with van der Waals surface area (Å²) in [6, 6.07) is 7.81. The molecule has 3 rings (SSSR count). The standard InChI is InChI=1S/C14H14N4O/c1-9-17-13(8-19-9)14(18-15)12-7-16-6-10-4-2-3-5-11(10)12/h2-8,14,18H,15H2,1H3. The molecule has 3 N–H and O–H groups in total. The Labute approximate surface area is 110 Å². The van der Waals surface area contributed by atoms with Gasteiger partial charge in [-0.05, 0) is 5.39 Å². The minimum Gasteiger partial charge on any atom is -0.449 e. The summed E-state index contributed by atoms with van der Waals surface area (Å²) in [5, 5.41) is 2.17. The van der Waals surface area contributed by atoms with Crippen LogP contribution in [0.25, 0.3) is 10.8 Å². The minimum absolute atomic E-state index is 0.240. The third kappa shape index (κ3) is 2.09. The molecule has 0 radical (unpaired) electrons. The molecule has 5 nitrogen and oxygen atoms in total. The van der Waals surface area contributed by atoms with E-state index in [2.05, 4.69) is 15.4 Å². The Morgan fingerprint density at radius 1 is 1.26 bits per heavy atom. The van der Waals surface area contributed by atoms with Crippen molar-refractivity contribution in [3.8, 4) is 0 Å². The number of benzene rings is 1. The summed E-state index contributed by atoms with van der Waals surface area (Å²) in [5.74, 6) is 6.29. The number of nitrogens with two attached hydrogens (primary N) is 1. The first kappa shape index (κ1) is 11.8. The van der Waals surface area contributed by atoms with E-state index in [0.717, 1.165) is 22.0 Å². The molecule has 96 valence electrons. The Bertz CT molecular complexity index is 702. The van der Waals surface area contributed by atoms with Crippen molar-refractivity contribution in [2.24, 2.45) is 5.84 Å². The fraction of sp³-hybridized carbons (Fsp3) is 0.143.